The lowest BCUT2D eigenvalue weighted by Crippen LogP contribution is -2.21. The van der Waals surface area contributed by atoms with Crippen LogP contribution >= 0.6 is 0 Å². The Balaban J connectivity index is 1.62. The number of aromatic nitrogens is 2. The molecular formula is C21H23N3O3. The van der Waals surface area contributed by atoms with Crippen molar-refractivity contribution in [1.82, 2.24) is 9.97 Å². The molecule has 1 aromatic heterocycles. The second-order valence-corrected chi connectivity index (χ2v) is 6.68. The number of ether oxygens (including phenoxy) is 2. The lowest BCUT2D eigenvalue weighted by atomic mass is 10.0. The molecule has 3 aromatic rings. The second kappa shape index (κ2) is 7.31. The van der Waals surface area contributed by atoms with E-state index in [1.165, 1.54) is 0 Å². The van der Waals surface area contributed by atoms with Crippen molar-refractivity contribution in [1.29, 1.82) is 0 Å². The number of fused-ring (bicyclic) bond motifs is 2. The minimum atomic E-state index is 0.0335. The van der Waals surface area contributed by atoms with E-state index in [9.17, 15) is 4.79 Å². The van der Waals surface area contributed by atoms with Gasteiger partial charge in [-0.3, -0.25) is 4.79 Å². The molecule has 0 radical (unpaired) electrons. The summed E-state index contributed by atoms with van der Waals surface area (Å²) >= 11 is 0. The standard InChI is InChI=1S/C21H23N3O3/c1-3-13(4-2)21(25)22-15-7-5-6-14(10-15)20-23-16-11-18-19(12-17(16)24-20)27-9-8-26-18/h5-7,10-13H,3-4,8-9H2,1-2H3,(H,22,25)(H,23,24). The average Bonchev–Trinajstić information content (AvgIpc) is 3.10. The van der Waals surface area contributed by atoms with Crippen LogP contribution in [0, 0.1) is 5.92 Å². The number of imidazole rings is 1. The molecule has 2 aromatic carbocycles. The van der Waals surface area contributed by atoms with Crippen LogP contribution in [-0.2, 0) is 4.79 Å². The van der Waals surface area contributed by atoms with E-state index >= 15 is 0 Å². The first kappa shape index (κ1) is 17.4. The topological polar surface area (TPSA) is 76.2 Å². The lowest BCUT2D eigenvalue weighted by molar-refractivity contribution is -0.120. The fourth-order valence-electron chi connectivity index (χ4n) is 3.33. The molecule has 0 saturated carbocycles. The van der Waals surface area contributed by atoms with Gasteiger partial charge in [0.1, 0.15) is 19.0 Å². The van der Waals surface area contributed by atoms with E-state index in [1.807, 2.05) is 50.2 Å². The maximum Gasteiger partial charge on any atom is 0.227 e. The molecule has 27 heavy (non-hydrogen) atoms. The molecule has 1 aliphatic heterocycles. The highest BCUT2D eigenvalue weighted by Gasteiger charge is 2.17. The van der Waals surface area contributed by atoms with Gasteiger partial charge >= 0.3 is 0 Å². The smallest absolute Gasteiger partial charge is 0.227 e. The van der Waals surface area contributed by atoms with Crippen molar-refractivity contribution in [2.24, 2.45) is 5.92 Å². The number of carbonyl (C=O) groups is 1. The summed E-state index contributed by atoms with van der Waals surface area (Å²) in [6, 6.07) is 11.5. The summed E-state index contributed by atoms with van der Waals surface area (Å²) in [5.41, 5.74) is 3.39. The summed E-state index contributed by atoms with van der Waals surface area (Å²) in [5.74, 6) is 2.29. The van der Waals surface area contributed by atoms with Crippen LogP contribution in [0.4, 0.5) is 5.69 Å². The Labute approximate surface area is 157 Å². The number of amides is 1. The van der Waals surface area contributed by atoms with E-state index in [0.29, 0.717) is 13.2 Å². The predicted molar refractivity (Wildman–Crippen MR) is 105 cm³/mol. The van der Waals surface area contributed by atoms with E-state index < -0.39 is 0 Å². The molecule has 1 amide bonds. The van der Waals surface area contributed by atoms with Crippen molar-refractivity contribution in [2.45, 2.75) is 26.7 Å². The van der Waals surface area contributed by atoms with Gasteiger partial charge in [-0.05, 0) is 25.0 Å². The van der Waals surface area contributed by atoms with E-state index in [0.717, 1.165) is 52.4 Å². The van der Waals surface area contributed by atoms with E-state index in [2.05, 4.69) is 15.3 Å². The molecule has 1 aliphatic rings. The van der Waals surface area contributed by atoms with Crippen LogP contribution < -0.4 is 14.8 Å². The maximum atomic E-state index is 12.3. The summed E-state index contributed by atoms with van der Waals surface area (Å²) in [6.45, 7) is 5.17. The van der Waals surface area contributed by atoms with Gasteiger partial charge in [0.15, 0.2) is 11.5 Å². The Morgan fingerprint density at radius 3 is 2.63 bits per heavy atom. The van der Waals surface area contributed by atoms with Crippen molar-refractivity contribution in [2.75, 3.05) is 18.5 Å². The van der Waals surface area contributed by atoms with Gasteiger partial charge < -0.3 is 19.8 Å². The number of nitrogens with one attached hydrogen (secondary N) is 2. The molecule has 2 N–H and O–H groups in total. The molecule has 0 atom stereocenters. The number of carbonyl (C=O) groups excluding carboxylic acids is 1. The zero-order valence-corrected chi connectivity index (χ0v) is 15.5. The van der Waals surface area contributed by atoms with E-state index in [1.54, 1.807) is 0 Å². The SMILES string of the molecule is CCC(CC)C(=O)Nc1cccc(-c2nc3cc4c(cc3[nH]2)OCCO4)c1. The Morgan fingerprint density at radius 2 is 1.89 bits per heavy atom. The van der Waals surface area contributed by atoms with Crippen molar-refractivity contribution in [3.63, 3.8) is 0 Å². The normalized spacial score (nSPS) is 13.1. The summed E-state index contributed by atoms with van der Waals surface area (Å²) in [7, 11) is 0. The molecule has 0 unspecified atom stereocenters. The molecule has 140 valence electrons. The summed E-state index contributed by atoms with van der Waals surface area (Å²) in [5, 5.41) is 3.01. The predicted octanol–water partition coefficient (Wildman–Crippen LogP) is 4.38. The summed E-state index contributed by atoms with van der Waals surface area (Å²) in [6.07, 6.45) is 1.67. The quantitative estimate of drug-likeness (QED) is 0.704. The first-order chi connectivity index (χ1) is 13.2. The molecule has 0 saturated heterocycles. The fourth-order valence-corrected chi connectivity index (χ4v) is 3.33. The lowest BCUT2D eigenvalue weighted by Gasteiger charge is -2.17. The molecule has 4 rings (SSSR count). The summed E-state index contributed by atoms with van der Waals surface area (Å²) < 4.78 is 11.3. The molecule has 2 heterocycles. The van der Waals surface area contributed by atoms with Crippen molar-refractivity contribution in [3.8, 4) is 22.9 Å². The van der Waals surface area contributed by atoms with Crippen LogP contribution in [0.15, 0.2) is 36.4 Å². The minimum absolute atomic E-state index is 0.0335. The molecular weight excluding hydrogens is 342 g/mol. The van der Waals surface area contributed by atoms with Crippen LogP contribution in [0.1, 0.15) is 26.7 Å². The average molecular weight is 365 g/mol. The van der Waals surface area contributed by atoms with E-state index in [4.69, 9.17) is 9.47 Å². The number of anilines is 1. The van der Waals surface area contributed by atoms with Gasteiger partial charge in [0.05, 0.1) is 11.0 Å². The number of benzene rings is 2. The zero-order valence-electron chi connectivity index (χ0n) is 15.5. The minimum Gasteiger partial charge on any atom is -0.486 e. The Hall–Kier alpha value is -3.02. The Bertz CT molecular complexity index is 933. The maximum absolute atomic E-state index is 12.3. The number of nitrogens with zero attached hydrogens (tertiary/aromatic N) is 1. The van der Waals surface area contributed by atoms with Gasteiger partial charge in [0.25, 0.3) is 0 Å². The van der Waals surface area contributed by atoms with Crippen molar-refractivity contribution in [3.05, 3.63) is 36.4 Å². The van der Waals surface area contributed by atoms with Crippen LogP contribution in [-0.4, -0.2) is 29.1 Å². The highest BCUT2D eigenvalue weighted by atomic mass is 16.6. The van der Waals surface area contributed by atoms with Gasteiger partial charge in [-0.2, -0.15) is 0 Å². The fraction of sp³-hybridized carbons (Fsp3) is 0.333. The first-order valence-corrected chi connectivity index (χ1v) is 9.38. The zero-order chi connectivity index (χ0) is 18.8. The highest BCUT2D eigenvalue weighted by molar-refractivity contribution is 5.93. The van der Waals surface area contributed by atoms with Gasteiger partial charge in [0, 0.05) is 29.3 Å². The molecule has 6 nitrogen and oxygen atoms in total. The van der Waals surface area contributed by atoms with Gasteiger partial charge in [-0.25, -0.2) is 4.98 Å². The third-order valence-corrected chi connectivity index (χ3v) is 4.91. The number of aromatic amines is 1. The Kier molecular flexibility index (Phi) is 4.71. The van der Waals surface area contributed by atoms with Gasteiger partial charge in [-0.1, -0.05) is 26.0 Å². The monoisotopic (exact) mass is 365 g/mol. The number of rotatable bonds is 5. The third kappa shape index (κ3) is 3.47. The van der Waals surface area contributed by atoms with Crippen LogP contribution in [0.2, 0.25) is 0 Å². The third-order valence-electron chi connectivity index (χ3n) is 4.91. The molecule has 0 bridgehead atoms. The van der Waals surface area contributed by atoms with Crippen molar-refractivity contribution >= 4 is 22.6 Å². The molecule has 0 aliphatic carbocycles. The molecule has 0 spiro atoms. The molecule has 6 heteroatoms. The summed E-state index contributed by atoms with van der Waals surface area (Å²) in [4.78, 5) is 20.4. The number of hydrogen-bond donors (Lipinski definition) is 2. The van der Waals surface area contributed by atoms with Crippen molar-refractivity contribution < 1.29 is 14.3 Å². The van der Waals surface area contributed by atoms with Crippen LogP contribution in [0.5, 0.6) is 11.5 Å². The van der Waals surface area contributed by atoms with Gasteiger partial charge in [-0.15, -0.1) is 0 Å². The second-order valence-electron chi connectivity index (χ2n) is 6.68. The molecule has 0 fully saturated rings. The first-order valence-electron chi connectivity index (χ1n) is 9.38. The Morgan fingerprint density at radius 1 is 1.15 bits per heavy atom. The van der Waals surface area contributed by atoms with Gasteiger partial charge in [0.2, 0.25) is 5.91 Å². The number of hydrogen-bond acceptors (Lipinski definition) is 4. The van der Waals surface area contributed by atoms with Crippen LogP contribution in [0.3, 0.4) is 0 Å². The highest BCUT2D eigenvalue weighted by Crippen LogP contribution is 2.35. The van der Waals surface area contributed by atoms with Crippen LogP contribution in [0.25, 0.3) is 22.4 Å². The largest absolute Gasteiger partial charge is 0.486 e. The number of H-pyrrole nitrogens is 1. The van der Waals surface area contributed by atoms with E-state index in [-0.39, 0.29) is 11.8 Å².